The highest BCUT2D eigenvalue weighted by atomic mass is 28.4. The molecule has 0 aliphatic heterocycles. The minimum Gasteiger partial charge on any atom is -0.463 e. The molecule has 0 aliphatic carbocycles. The van der Waals surface area contributed by atoms with E-state index >= 15 is 0 Å². The molecule has 8 nitrogen and oxygen atoms in total. The Morgan fingerprint density at radius 3 is 1.90 bits per heavy atom. The summed E-state index contributed by atoms with van der Waals surface area (Å²) in [5.74, 6) is -0.356. The van der Waals surface area contributed by atoms with Crippen LogP contribution >= 0.6 is 0 Å². The van der Waals surface area contributed by atoms with Crippen LogP contribution in [-0.2, 0) is 27.9 Å². The largest absolute Gasteiger partial charge is 0.463 e. The van der Waals surface area contributed by atoms with Gasteiger partial charge in [-0.2, -0.15) is 0 Å². The number of esters is 1. The quantitative estimate of drug-likeness (QED) is 0.0485. The van der Waals surface area contributed by atoms with Crippen LogP contribution in [0.15, 0.2) is 24.3 Å². The molecule has 0 rings (SSSR count). The summed E-state index contributed by atoms with van der Waals surface area (Å²) in [5, 5.41) is -0.172. The van der Waals surface area contributed by atoms with Crippen molar-refractivity contribution in [3.05, 3.63) is 24.3 Å². The molecule has 0 saturated carbocycles. The monoisotopic (exact) mass is 585 g/mol. The van der Waals surface area contributed by atoms with Crippen LogP contribution in [0.2, 0.25) is 36.3 Å². The number of rotatable bonds is 17. The smallest absolute Gasteiger partial charge is 0.404 e. The second-order valence-electron chi connectivity index (χ2n) is 12.9. The van der Waals surface area contributed by atoms with Crippen molar-refractivity contribution in [3.63, 3.8) is 0 Å². The molecule has 0 unspecified atom stereocenters. The van der Waals surface area contributed by atoms with E-state index in [1.165, 1.54) is 6.08 Å². The summed E-state index contributed by atoms with van der Waals surface area (Å²) in [4.78, 5) is 34.6. The lowest BCUT2D eigenvalue weighted by atomic mass is 10.0. The summed E-state index contributed by atoms with van der Waals surface area (Å²) in [5.41, 5.74) is 5.51. The van der Waals surface area contributed by atoms with Crippen molar-refractivity contribution in [3.8, 4) is 0 Å². The van der Waals surface area contributed by atoms with Crippen LogP contribution in [-0.4, -0.2) is 59.9 Å². The van der Waals surface area contributed by atoms with Gasteiger partial charge in [0.05, 0.1) is 12.7 Å². The summed E-state index contributed by atoms with van der Waals surface area (Å²) in [7, 11) is -4.65. The molecular formula is C29H55NO7Si2. The van der Waals surface area contributed by atoms with Crippen LogP contribution in [0.1, 0.15) is 80.6 Å². The van der Waals surface area contributed by atoms with E-state index in [0.717, 1.165) is 6.29 Å². The van der Waals surface area contributed by atoms with Crippen LogP contribution in [0.25, 0.3) is 0 Å². The van der Waals surface area contributed by atoms with Crippen LogP contribution in [0.3, 0.4) is 0 Å². The Morgan fingerprint density at radius 1 is 0.872 bits per heavy atom. The summed E-state index contributed by atoms with van der Waals surface area (Å²) in [6.07, 6.45) is 8.05. The molecule has 0 aromatic carbocycles. The predicted octanol–water partition coefficient (Wildman–Crippen LogP) is 7.06. The molecular weight excluding hydrogens is 530 g/mol. The van der Waals surface area contributed by atoms with Crippen LogP contribution in [0, 0.1) is 0 Å². The van der Waals surface area contributed by atoms with Gasteiger partial charge >= 0.3 is 12.1 Å². The van der Waals surface area contributed by atoms with E-state index in [1.54, 1.807) is 13.0 Å². The minimum absolute atomic E-state index is 0.0689. The average Bonchev–Trinajstić information content (AvgIpc) is 2.77. The summed E-state index contributed by atoms with van der Waals surface area (Å²) in [6.45, 7) is 23.7. The predicted molar refractivity (Wildman–Crippen MR) is 163 cm³/mol. The van der Waals surface area contributed by atoms with Crippen molar-refractivity contribution in [2.24, 2.45) is 5.73 Å². The van der Waals surface area contributed by atoms with Gasteiger partial charge in [0.2, 0.25) is 0 Å². The standard InChI is InChI=1S/C29H55NO7Si2/c1-12-34-25(32)21-16-14-13-15-20-24(36-38(8,9)28(2,3)4)26(37-39(10,11)29(5,6)7)23(35-27(30)33)19-17-18-22-31/h15-16,20-24,26H,12-14,17-19H2,1-11H3,(H2,30,33)/b20-15+,21-16+/t23-,24-,26-/m0/s1. The van der Waals surface area contributed by atoms with Gasteiger partial charge in [0.1, 0.15) is 18.5 Å². The summed E-state index contributed by atoms with van der Waals surface area (Å²) >= 11 is 0. The van der Waals surface area contributed by atoms with Crippen molar-refractivity contribution in [1.29, 1.82) is 0 Å². The maximum absolute atomic E-state index is 12.0. The highest BCUT2D eigenvalue weighted by Crippen LogP contribution is 2.41. The van der Waals surface area contributed by atoms with E-state index in [0.29, 0.717) is 38.7 Å². The Bertz CT molecular complexity index is 826. The Balaban J connectivity index is 6.46. The maximum Gasteiger partial charge on any atom is 0.404 e. The Labute approximate surface area is 239 Å². The van der Waals surface area contributed by atoms with Crippen molar-refractivity contribution < 1.29 is 32.7 Å². The van der Waals surface area contributed by atoms with Gasteiger partial charge in [-0.3, -0.25) is 0 Å². The molecule has 0 spiro atoms. The van der Waals surface area contributed by atoms with Crippen molar-refractivity contribution in [2.75, 3.05) is 6.61 Å². The zero-order valence-electron chi connectivity index (χ0n) is 26.3. The van der Waals surface area contributed by atoms with E-state index in [2.05, 4.69) is 67.7 Å². The van der Waals surface area contributed by atoms with Crippen molar-refractivity contribution >= 4 is 35.0 Å². The van der Waals surface area contributed by atoms with E-state index in [-0.39, 0.29) is 16.0 Å². The minimum atomic E-state index is -2.36. The van der Waals surface area contributed by atoms with Gasteiger partial charge in [-0.1, -0.05) is 59.8 Å². The first kappa shape index (κ1) is 37.2. The molecule has 2 N–H and O–H groups in total. The lowest BCUT2D eigenvalue weighted by molar-refractivity contribution is -0.137. The van der Waals surface area contributed by atoms with E-state index in [9.17, 15) is 14.4 Å². The third-order valence-electron chi connectivity index (χ3n) is 7.61. The number of amides is 1. The van der Waals surface area contributed by atoms with Gasteiger partial charge in [0.25, 0.3) is 0 Å². The highest BCUT2D eigenvalue weighted by Gasteiger charge is 2.46. The number of primary amides is 1. The fourth-order valence-electron chi connectivity index (χ4n) is 3.24. The molecule has 3 atom stereocenters. The Hall–Kier alpha value is -1.76. The molecule has 0 aromatic heterocycles. The van der Waals surface area contributed by atoms with Gasteiger partial charge in [-0.05, 0) is 68.9 Å². The number of carbonyl (C=O) groups excluding carboxylic acids is 3. The average molecular weight is 586 g/mol. The van der Waals surface area contributed by atoms with Crippen molar-refractivity contribution in [1.82, 2.24) is 0 Å². The van der Waals surface area contributed by atoms with E-state index < -0.39 is 41.0 Å². The second kappa shape index (κ2) is 16.5. The van der Waals surface area contributed by atoms with E-state index in [4.69, 9.17) is 24.1 Å². The fourth-order valence-corrected chi connectivity index (χ4v) is 5.81. The number of nitrogens with two attached hydrogens (primary N) is 1. The number of allylic oxidation sites excluding steroid dienone is 2. The van der Waals surface area contributed by atoms with Gasteiger partial charge in [-0.15, -0.1) is 0 Å². The highest BCUT2D eigenvalue weighted by molar-refractivity contribution is 6.74. The van der Waals surface area contributed by atoms with Crippen LogP contribution in [0.5, 0.6) is 0 Å². The second-order valence-corrected chi connectivity index (χ2v) is 22.4. The number of carbonyl (C=O) groups is 3. The molecule has 0 aliphatic rings. The van der Waals surface area contributed by atoms with Gasteiger partial charge < -0.3 is 28.9 Å². The lowest BCUT2D eigenvalue weighted by Crippen LogP contribution is -2.55. The molecule has 226 valence electrons. The molecule has 0 fully saturated rings. The Morgan fingerprint density at radius 2 is 1.41 bits per heavy atom. The molecule has 39 heavy (non-hydrogen) atoms. The Kier molecular flexibility index (Phi) is 15.8. The zero-order valence-corrected chi connectivity index (χ0v) is 28.3. The molecule has 10 heteroatoms. The lowest BCUT2D eigenvalue weighted by Gasteiger charge is -2.46. The topological polar surface area (TPSA) is 114 Å². The first-order valence-electron chi connectivity index (χ1n) is 14.0. The molecule has 0 heterocycles. The number of hydrogen-bond donors (Lipinski definition) is 1. The molecule has 0 aromatic rings. The first-order chi connectivity index (χ1) is 17.8. The fraction of sp³-hybridized carbons (Fsp3) is 0.759. The molecule has 1 amide bonds. The van der Waals surface area contributed by atoms with Gasteiger partial charge in [0.15, 0.2) is 16.6 Å². The van der Waals surface area contributed by atoms with Crippen LogP contribution in [0.4, 0.5) is 4.79 Å². The van der Waals surface area contributed by atoms with Crippen molar-refractivity contribution in [2.45, 2.75) is 135 Å². The number of ether oxygens (including phenoxy) is 2. The van der Waals surface area contributed by atoms with E-state index in [1.807, 2.05) is 12.2 Å². The summed E-state index contributed by atoms with van der Waals surface area (Å²) < 4.78 is 24.4. The molecule has 0 radical (unpaired) electrons. The number of unbranched alkanes of at least 4 members (excludes halogenated alkanes) is 2. The van der Waals surface area contributed by atoms with Gasteiger partial charge in [0, 0.05) is 12.5 Å². The third kappa shape index (κ3) is 13.9. The molecule has 0 bridgehead atoms. The summed E-state index contributed by atoms with van der Waals surface area (Å²) in [6, 6.07) is 0. The maximum atomic E-state index is 12.0. The number of aldehydes is 1. The SMILES string of the molecule is CCOC(=O)/C=C/CC/C=C/[C@H](O[Si](C)(C)C(C)(C)C)[C@@H](O[Si](C)(C)C(C)(C)C)[C@H](CCCC=O)OC(N)=O. The van der Waals surface area contributed by atoms with Crippen LogP contribution < -0.4 is 5.73 Å². The first-order valence-corrected chi connectivity index (χ1v) is 19.9. The zero-order chi connectivity index (χ0) is 30.5. The van der Waals surface area contributed by atoms with Gasteiger partial charge in [-0.25, -0.2) is 9.59 Å². The normalized spacial score (nSPS) is 15.8. The molecule has 0 saturated heterocycles. The number of hydrogen-bond acceptors (Lipinski definition) is 7. The third-order valence-corrected chi connectivity index (χ3v) is 16.6.